The molecule has 2 aromatic carbocycles. The molecule has 1 aliphatic heterocycles. The number of fused-ring (bicyclic) bond motifs is 1. The van der Waals surface area contributed by atoms with E-state index in [9.17, 15) is 4.79 Å². The molecule has 0 bridgehead atoms. The molecule has 3 heterocycles. The van der Waals surface area contributed by atoms with Crippen molar-refractivity contribution in [2.75, 3.05) is 31.1 Å². The van der Waals surface area contributed by atoms with Crippen LogP contribution >= 0.6 is 0 Å². The minimum atomic E-state index is -0.0652. The summed E-state index contributed by atoms with van der Waals surface area (Å²) < 4.78 is 0. The van der Waals surface area contributed by atoms with Gasteiger partial charge in [-0.1, -0.05) is 48.5 Å². The molecule has 2 aromatic heterocycles. The SMILES string of the molecule is O=C(c1nc(-c2ccccc2)nc2ccccc12)N1CCN(c2cnccn2)CC1. The zero-order valence-electron chi connectivity index (χ0n) is 16.3. The van der Waals surface area contributed by atoms with Gasteiger partial charge in [0.25, 0.3) is 5.91 Å². The standard InChI is InChI=1S/C23H20N6O/c30-23(29-14-12-28(13-15-29)20-16-24-10-11-25-20)21-18-8-4-5-9-19(18)26-22(27-21)17-6-2-1-3-7-17/h1-11,16H,12-15H2. The highest BCUT2D eigenvalue weighted by molar-refractivity contribution is 6.05. The first-order chi connectivity index (χ1) is 14.8. The molecule has 0 aliphatic carbocycles. The molecule has 1 aliphatic rings. The van der Waals surface area contributed by atoms with Gasteiger partial charge in [-0.15, -0.1) is 0 Å². The van der Waals surface area contributed by atoms with E-state index >= 15 is 0 Å². The number of rotatable bonds is 3. The second-order valence-corrected chi connectivity index (χ2v) is 7.12. The third kappa shape index (κ3) is 3.45. The number of hydrogen-bond acceptors (Lipinski definition) is 6. The topological polar surface area (TPSA) is 75.1 Å². The fraction of sp³-hybridized carbons (Fsp3) is 0.174. The number of amides is 1. The molecule has 0 unspecified atom stereocenters. The molecule has 30 heavy (non-hydrogen) atoms. The van der Waals surface area contributed by atoms with E-state index in [1.807, 2.05) is 59.5 Å². The number of para-hydroxylation sites is 1. The van der Waals surface area contributed by atoms with Gasteiger partial charge in [-0.2, -0.15) is 0 Å². The third-order valence-corrected chi connectivity index (χ3v) is 5.28. The summed E-state index contributed by atoms with van der Waals surface area (Å²) in [6.45, 7) is 2.63. The monoisotopic (exact) mass is 396 g/mol. The van der Waals surface area contributed by atoms with Crippen molar-refractivity contribution < 1.29 is 4.79 Å². The highest BCUT2D eigenvalue weighted by Gasteiger charge is 2.26. The Morgan fingerprint density at radius 2 is 1.60 bits per heavy atom. The number of nitrogens with zero attached hydrogens (tertiary/aromatic N) is 6. The van der Waals surface area contributed by atoms with Crippen molar-refractivity contribution in [3.8, 4) is 11.4 Å². The molecule has 0 saturated carbocycles. The van der Waals surface area contributed by atoms with Gasteiger partial charge in [-0.3, -0.25) is 9.78 Å². The van der Waals surface area contributed by atoms with Gasteiger partial charge in [-0.25, -0.2) is 15.0 Å². The lowest BCUT2D eigenvalue weighted by Gasteiger charge is -2.35. The maximum absolute atomic E-state index is 13.4. The van der Waals surface area contributed by atoms with Gasteiger partial charge in [0.05, 0.1) is 11.7 Å². The number of aromatic nitrogens is 4. The minimum Gasteiger partial charge on any atom is -0.352 e. The van der Waals surface area contributed by atoms with Gasteiger partial charge in [0, 0.05) is 49.5 Å². The first-order valence-electron chi connectivity index (χ1n) is 9.92. The highest BCUT2D eigenvalue weighted by atomic mass is 16.2. The predicted octanol–water partition coefficient (Wildman–Crippen LogP) is 3.05. The Morgan fingerprint density at radius 1 is 0.833 bits per heavy atom. The van der Waals surface area contributed by atoms with Crippen molar-refractivity contribution in [1.29, 1.82) is 0 Å². The van der Waals surface area contributed by atoms with Crippen LogP contribution in [0.1, 0.15) is 10.5 Å². The first kappa shape index (κ1) is 18.2. The Hall–Kier alpha value is -3.87. The number of carbonyl (C=O) groups is 1. The van der Waals surface area contributed by atoms with E-state index in [0.717, 1.165) is 22.3 Å². The van der Waals surface area contributed by atoms with Crippen LogP contribution in [-0.4, -0.2) is 56.9 Å². The molecule has 0 spiro atoms. The van der Waals surface area contributed by atoms with Gasteiger partial charge >= 0.3 is 0 Å². The molecular weight excluding hydrogens is 376 g/mol. The number of anilines is 1. The van der Waals surface area contributed by atoms with Crippen LogP contribution in [0.15, 0.2) is 73.2 Å². The van der Waals surface area contributed by atoms with E-state index in [1.165, 1.54) is 0 Å². The summed E-state index contributed by atoms with van der Waals surface area (Å²) in [6.07, 6.45) is 5.10. The summed E-state index contributed by atoms with van der Waals surface area (Å²) >= 11 is 0. The summed E-state index contributed by atoms with van der Waals surface area (Å²) in [5.41, 5.74) is 2.12. The molecule has 4 aromatic rings. The summed E-state index contributed by atoms with van der Waals surface area (Å²) in [5, 5.41) is 0.776. The van der Waals surface area contributed by atoms with Gasteiger partial charge in [-0.05, 0) is 6.07 Å². The van der Waals surface area contributed by atoms with E-state index in [1.54, 1.807) is 18.6 Å². The molecule has 0 atom stereocenters. The smallest absolute Gasteiger partial charge is 0.273 e. The van der Waals surface area contributed by atoms with Crippen molar-refractivity contribution in [3.63, 3.8) is 0 Å². The summed E-state index contributed by atoms with van der Waals surface area (Å²) in [7, 11) is 0. The fourth-order valence-electron chi connectivity index (χ4n) is 3.70. The molecular formula is C23H20N6O. The highest BCUT2D eigenvalue weighted by Crippen LogP contribution is 2.23. The van der Waals surface area contributed by atoms with Crippen LogP contribution in [0.4, 0.5) is 5.82 Å². The minimum absolute atomic E-state index is 0.0652. The van der Waals surface area contributed by atoms with Crippen molar-refractivity contribution in [2.45, 2.75) is 0 Å². The van der Waals surface area contributed by atoms with Crippen molar-refractivity contribution in [3.05, 3.63) is 78.9 Å². The number of piperazine rings is 1. The van der Waals surface area contributed by atoms with Gasteiger partial charge in [0.2, 0.25) is 0 Å². The summed E-state index contributed by atoms with van der Waals surface area (Å²) in [5.74, 6) is 1.34. The van der Waals surface area contributed by atoms with E-state index in [4.69, 9.17) is 0 Å². The second kappa shape index (κ2) is 7.87. The Kier molecular flexibility index (Phi) is 4.77. The Labute approximate surface area is 174 Å². The molecule has 7 nitrogen and oxygen atoms in total. The zero-order chi connectivity index (χ0) is 20.3. The number of hydrogen-bond donors (Lipinski definition) is 0. The number of benzene rings is 2. The van der Waals surface area contributed by atoms with Crippen LogP contribution in [-0.2, 0) is 0 Å². The average Bonchev–Trinajstić information content (AvgIpc) is 2.84. The lowest BCUT2D eigenvalue weighted by molar-refractivity contribution is 0.0743. The van der Waals surface area contributed by atoms with E-state index < -0.39 is 0 Å². The summed E-state index contributed by atoms with van der Waals surface area (Å²) in [6, 6.07) is 17.4. The largest absolute Gasteiger partial charge is 0.352 e. The van der Waals surface area contributed by atoms with Crippen molar-refractivity contribution >= 4 is 22.6 Å². The average molecular weight is 396 g/mol. The molecule has 1 amide bonds. The maximum atomic E-state index is 13.4. The fourth-order valence-corrected chi connectivity index (χ4v) is 3.70. The third-order valence-electron chi connectivity index (χ3n) is 5.28. The molecule has 5 rings (SSSR count). The first-order valence-corrected chi connectivity index (χ1v) is 9.92. The van der Waals surface area contributed by atoms with Crippen LogP contribution in [0.2, 0.25) is 0 Å². The molecule has 0 N–H and O–H groups in total. The van der Waals surface area contributed by atoms with Crippen LogP contribution in [0.25, 0.3) is 22.3 Å². The van der Waals surface area contributed by atoms with E-state index in [-0.39, 0.29) is 5.91 Å². The van der Waals surface area contributed by atoms with Crippen LogP contribution in [0.3, 0.4) is 0 Å². The van der Waals surface area contributed by atoms with Crippen molar-refractivity contribution in [1.82, 2.24) is 24.8 Å². The molecule has 1 saturated heterocycles. The number of carbonyl (C=O) groups excluding carboxylic acids is 1. The Morgan fingerprint density at radius 3 is 2.37 bits per heavy atom. The molecule has 148 valence electrons. The van der Waals surface area contributed by atoms with E-state index in [2.05, 4.69) is 24.8 Å². The molecule has 7 heteroatoms. The summed E-state index contributed by atoms with van der Waals surface area (Å²) in [4.78, 5) is 35.3. The normalized spacial score (nSPS) is 14.1. The van der Waals surface area contributed by atoms with Crippen LogP contribution in [0, 0.1) is 0 Å². The predicted molar refractivity (Wildman–Crippen MR) is 115 cm³/mol. The van der Waals surface area contributed by atoms with Crippen LogP contribution < -0.4 is 4.90 Å². The second-order valence-electron chi connectivity index (χ2n) is 7.12. The van der Waals surface area contributed by atoms with Gasteiger partial charge < -0.3 is 9.80 Å². The lowest BCUT2D eigenvalue weighted by atomic mass is 10.1. The lowest BCUT2D eigenvalue weighted by Crippen LogP contribution is -2.49. The van der Waals surface area contributed by atoms with Gasteiger partial charge in [0.1, 0.15) is 11.5 Å². The van der Waals surface area contributed by atoms with Crippen LogP contribution in [0.5, 0.6) is 0 Å². The van der Waals surface area contributed by atoms with Crippen molar-refractivity contribution in [2.24, 2.45) is 0 Å². The quantitative estimate of drug-likeness (QED) is 0.530. The zero-order valence-corrected chi connectivity index (χ0v) is 16.3. The molecule has 0 radical (unpaired) electrons. The Bertz CT molecular complexity index is 1170. The Balaban J connectivity index is 1.45. The maximum Gasteiger partial charge on any atom is 0.273 e. The van der Waals surface area contributed by atoms with Gasteiger partial charge in [0.15, 0.2) is 5.82 Å². The molecule has 1 fully saturated rings. The van der Waals surface area contributed by atoms with E-state index in [0.29, 0.717) is 37.7 Å².